The number of fused-ring (bicyclic) bond motifs is 1. The number of imide groups is 1. The molecule has 0 radical (unpaired) electrons. The van der Waals surface area contributed by atoms with Crippen LogP contribution in [-0.4, -0.2) is 29.2 Å². The summed E-state index contributed by atoms with van der Waals surface area (Å²) in [4.78, 5) is 38.2. The molecule has 28 heavy (non-hydrogen) atoms. The number of hydrogen-bond donors (Lipinski definition) is 1. The average molecular weight is 435 g/mol. The number of nitrogens with one attached hydrogen (secondary N) is 1. The zero-order chi connectivity index (χ0) is 19.7. The number of carbonyl (C=O) groups is 3. The minimum atomic E-state index is -0.462. The van der Waals surface area contributed by atoms with Gasteiger partial charge in [-0.05, 0) is 41.5 Å². The maximum atomic E-state index is 12.5. The molecule has 0 saturated carbocycles. The highest BCUT2D eigenvalue weighted by Crippen LogP contribution is 2.26. The molecule has 5 nitrogen and oxygen atoms in total. The van der Waals surface area contributed by atoms with Gasteiger partial charge in [0.05, 0.1) is 11.1 Å². The summed E-state index contributed by atoms with van der Waals surface area (Å²) in [6.45, 7) is -0.329. The Labute approximate surface area is 170 Å². The minimum absolute atomic E-state index is 0.305. The van der Waals surface area contributed by atoms with Crippen LogP contribution >= 0.6 is 15.9 Å². The van der Waals surface area contributed by atoms with Gasteiger partial charge in [-0.25, -0.2) is 0 Å². The van der Waals surface area contributed by atoms with E-state index in [9.17, 15) is 14.4 Å². The molecule has 0 spiro atoms. The lowest BCUT2D eigenvalue weighted by Crippen LogP contribution is -2.37. The van der Waals surface area contributed by atoms with Crippen molar-refractivity contribution in [3.05, 3.63) is 88.4 Å². The molecule has 0 unspecified atom stereocenters. The van der Waals surface area contributed by atoms with Gasteiger partial charge >= 0.3 is 0 Å². The third-order valence-corrected chi connectivity index (χ3v) is 5.00. The van der Waals surface area contributed by atoms with Gasteiger partial charge in [-0.1, -0.05) is 58.4 Å². The maximum Gasteiger partial charge on any atom is 0.262 e. The van der Waals surface area contributed by atoms with E-state index in [1.807, 2.05) is 42.5 Å². The molecule has 0 atom stereocenters. The second kappa shape index (κ2) is 7.40. The summed E-state index contributed by atoms with van der Waals surface area (Å²) < 4.78 is 0.706. The fourth-order valence-electron chi connectivity index (χ4n) is 3.13. The topological polar surface area (TPSA) is 66.5 Å². The van der Waals surface area contributed by atoms with Gasteiger partial charge < -0.3 is 5.32 Å². The van der Waals surface area contributed by atoms with E-state index < -0.39 is 17.7 Å². The Hall–Kier alpha value is -3.25. The summed E-state index contributed by atoms with van der Waals surface area (Å²) in [5.74, 6) is -1.35. The first-order valence-corrected chi connectivity index (χ1v) is 9.43. The summed E-state index contributed by atoms with van der Waals surface area (Å²) in [6.07, 6.45) is 0. The Morgan fingerprint density at radius 1 is 0.821 bits per heavy atom. The van der Waals surface area contributed by atoms with E-state index in [2.05, 4.69) is 21.2 Å². The zero-order valence-corrected chi connectivity index (χ0v) is 16.3. The van der Waals surface area contributed by atoms with Crippen molar-refractivity contribution in [2.24, 2.45) is 0 Å². The fourth-order valence-corrected chi connectivity index (χ4v) is 3.49. The fraction of sp³-hybridized carbons (Fsp3) is 0.0455. The summed E-state index contributed by atoms with van der Waals surface area (Å²) in [7, 11) is 0. The second-order valence-electron chi connectivity index (χ2n) is 6.38. The minimum Gasteiger partial charge on any atom is -0.325 e. The number of halogens is 1. The first kappa shape index (κ1) is 18.1. The van der Waals surface area contributed by atoms with E-state index in [0.717, 1.165) is 16.0 Å². The molecular formula is C22H15BrN2O3. The van der Waals surface area contributed by atoms with Crippen LogP contribution in [0.1, 0.15) is 20.7 Å². The molecular weight excluding hydrogens is 420 g/mol. The predicted molar refractivity (Wildman–Crippen MR) is 110 cm³/mol. The molecule has 3 amide bonds. The molecule has 4 rings (SSSR count). The quantitative estimate of drug-likeness (QED) is 0.620. The first-order valence-electron chi connectivity index (χ1n) is 8.64. The number of rotatable bonds is 4. The SMILES string of the molecule is O=C(CN1C(=O)c2ccc(Br)cc2C1=O)Nc1ccc(-c2ccccc2)cc1. The highest BCUT2D eigenvalue weighted by molar-refractivity contribution is 9.10. The highest BCUT2D eigenvalue weighted by atomic mass is 79.9. The lowest BCUT2D eigenvalue weighted by molar-refractivity contribution is -0.116. The average Bonchev–Trinajstić information content (AvgIpc) is 2.93. The van der Waals surface area contributed by atoms with E-state index in [1.54, 1.807) is 30.3 Å². The van der Waals surface area contributed by atoms with Gasteiger partial charge in [-0.3, -0.25) is 19.3 Å². The van der Waals surface area contributed by atoms with Crippen molar-refractivity contribution < 1.29 is 14.4 Å². The summed E-state index contributed by atoms with van der Waals surface area (Å²) in [5, 5.41) is 2.73. The summed E-state index contributed by atoms with van der Waals surface area (Å²) in [5.41, 5.74) is 3.33. The third kappa shape index (κ3) is 3.46. The van der Waals surface area contributed by atoms with Gasteiger partial charge in [0.25, 0.3) is 11.8 Å². The number of anilines is 1. The van der Waals surface area contributed by atoms with E-state index in [1.165, 1.54) is 0 Å². The molecule has 3 aromatic carbocycles. The van der Waals surface area contributed by atoms with Gasteiger partial charge in [0, 0.05) is 10.2 Å². The molecule has 0 aromatic heterocycles. The van der Waals surface area contributed by atoms with Crippen LogP contribution in [0, 0.1) is 0 Å². The van der Waals surface area contributed by atoms with E-state index in [0.29, 0.717) is 21.3 Å². The molecule has 138 valence electrons. The lowest BCUT2D eigenvalue weighted by Gasteiger charge is -2.14. The van der Waals surface area contributed by atoms with Crippen LogP contribution in [0.3, 0.4) is 0 Å². The number of nitrogens with zero attached hydrogens (tertiary/aromatic N) is 1. The molecule has 0 bridgehead atoms. The molecule has 0 saturated heterocycles. The molecule has 6 heteroatoms. The molecule has 0 aliphatic carbocycles. The van der Waals surface area contributed by atoms with Crippen LogP contribution in [0.4, 0.5) is 5.69 Å². The largest absolute Gasteiger partial charge is 0.325 e. The van der Waals surface area contributed by atoms with E-state index in [4.69, 9.17) is 0 Å². The maximum absolute atomic E-state index is 12.5. The van der Waals surface area contributed by atoms with Crippen molar-refractivity contribution in [2.75, 3.05) is 11.9 Å². The number of hydrogen-bond acceptors (Lipinski definition) is 3. The second-order valence-corrected chi connectivity index (χ2v) is 7.29. The van der Waals surface area contributed by atoms with Crippen molar-refractivity contribution in [1.82, 2.24) is 4.90 Å². The molecule has 1 N–H and O–H groups in total. The third-order valence-electron chi connectivity index (χ3n) is 4.51. The Morgan fingerprint density at radius 2 is 1.46 bits per heavy atom. The van der Waals surface area contributed by atoms with Crippen LogP contribution in [0.2, 0.25) is 0 Å². The van der Waals surface area contributed by atoms with Crippen molar-refractivity contribution in [3.63, 3.8) is 0 Å². The van der Waals surface area contributed by atoms with Crippen molar-refractivity contribution >= 4 is 39.3 Å². The molecule has 0 fully saturated rings. The molecule has 1 aliphatic rings. The van der Waals surface area contributed by atoms with Crippen LogP contribution in [0.5, 0.6) is 0 Å². The first-order chi connectivity index (χ1) is 13.5. The van der Waals surface area contributed by atoms with Crippen LogP contribution in [0.15, 0.2) is 77.3 Å². The van der Waals surface area contributed by atoms with Crippen LogP contribution < -0.4 is 5.32 Å². The Morgan fingerprint density at radius 3 is 2.18 bits per heavy atom. The normalized spacial score (nSPS) is 12.8. The van der Waals surface area contributed by atoms with Gasteiger partial charge in [0.2, 0.25) is 5.91 Å². The van der Waals surface area contributed by atoms with Crippen LogP contribution in [-0.2, 0) is 4.79 Å². The number of carbonyl (C=O) groups excluding carboxylic acids is 3. The van der Waals surface area contributed by atoms with Gasteiger partial charge in [0.15, 0.2) is 0 Å². The predicted octanol–water partition coefficient (Wildman–Crippen LogP) is 4.35. The van der Waals surface area contributed by atoms with Crippen molar-refractivity contribution in [3.8, 4) is 11.1 Å². The van der Waals surface area contributed by atoms with E-state index in [-0.39, 0.29) is 6.54 Å². The van der Waals surface area contributed by atoms with Crippen molar-refractivity contribution in [1.29, 1.82) is 0 Å². The summed E-state index contributed by atoms with van der Waals surface area (Å²) in [6, 6.07) is 22.2. The van der Waals surface area contributed by atoms with Crippen molar-refractivity contribution in [2.45, 2.75) is 0 Å². The standard InChI is InChI=1S/C22H15BrN2O3/c23-16-8-11-18-19(12-16)22(28)25(21(18)27)13-20(26)24-17-9-6-15(7-10-17)14-4-2-1-3-5-14/h1-12H,13H2,(H,24,26). The van der Waals surface area contributed by atoms with Gasteiger partial charge in [-0.15, -0.1) is 0 Å². The lowest BCUT2D eigenvalue weighted by atomic mass is 10.1. The zero-order valence-electron chi connectivity index (χ0n) is 14.7. The van der Waals surface area contributed by atoms with Crippen LogP contribution in [0.25, 0.3) is 11.1 Å². The number of amides is 3. The van der Waals surface area contributed by atoms with Gasteiger partial charge in [-0.2, -0.15) is 0 Å². The van der Waals surface area contributed by atoms with E-state index >= 15 is 0 Å². The molecule has 1 heterocycles. The smallest absolute Gasteiger partial charge is 0.262 e. The monoisotopic (exact) mass is 434 g/mol. The molecule has 3 aromatic rings. The Balaban J connectivity index is 1.44. The number of benzene rings is 3. The highest BCUT2D eigenvalue weighted by Gasteiger charge is 2.36. The Kier molecular flexibility index (Phi) is 4.79. The summed E-state index contributed by atoms with van der Waals surface area (Å²) >= 11 is 3.29. The molecule has 1 aliphatic heterocycles. The van der Waals surface area contributed by atoms with Gasteiger partial charge in [0.1, 0.15) is 6.54 Å². The Bertz CT molecular complexity index is 1080.